The Morgan fingerprint density at radius 3 is 2.44 bits per heavy atom. The largest absolute Gasteiger partial charge is 0.493 e. The van der Waals surface area contributed by atoms with Crippen molar-refractivity contribution in [3.05, 3.63) is 22.2 Å². The van der Waals surface area contributed by atoms with Gasteiger partial charge in [-0.05, 0) is 17.7 Å². The van der Waals surface area contributed by atoms with Crippen LogP contribution in [0.15, 0.2) is 16.6 Å². The van der Waals surface area contributed by atoms with Gasteiger partial charge in [-0.2, -0.15) is 0 Å². The maximum atomic E-state index is 5.26. The van der Waals surface area contributed by atoms with Gasteiger partial charge in [0.1, 0.15) is 6.61 Å². The zero-order valence-corrected chi connectivity index (χ0v) is 10.8. The van der Waals surface area contributed by atoms with E-state index in [0.717, 1.165) is 10.0 Å². The quantitative estimate of drug-likeness (QED) is 0.615. The van der Waals surface area contributed by atoms with Crippen molar-refractivity contribution >= 4 is 15.9 Å². The molecule has 0 saturated carbocycles. The zero-order valence-electron chi connectivity index (χ0n) is 9.25. The third kappa shape index (κ3) is 3.16. The lowest BCUT2D eigenvalue weighted by atomic mass is 10.2. The van der Waals surface area contributed by atoms with Crippen LogP contribution < -0.4 is 9.47 Å². The minimum Gasteiger partial charge on any atom is -0.493 e. The molecule has 0 atom stereocenters. The lowest BCUT2D eigenvalue weighted by molar-refractivity contribution is 0.152. The normalized spacial score (nSPS) is 9.62. The third-order valence-electron chi connectivity index (χ3n) is 2.00. The Balaban J connectivity index is 2.89. The number of rotatable bonds is 5. The SMILES string of the molecule is C#CCOCc1cc(OC)c(OC)cc1Br. The molecule has 0 spiro atoms. The average Bonchev–Trinajstić information content (AvgIpc) is 2.31. The van der Waals surface area contributed by atoms with Crippen LogP contribution in [0.3, 0.4) is 0 Å². The zero-order chi connectivity index (χ0) is 12.0. The molecule has 0 radical (unpaired) electrons. The number of halogens is 1. The molecular weight excluding hydrogens is 272 g/mol. The Morgan fingerprint density at radius 1 is 1.25 bits per heavy atom. The first-order chi connectivity index (χ1) is 7.72. The van der Waals surface area contributed by atoms with E-state index in [-0.39, 0.29) is 0 Å². The van der Waals surface area contributed by atoms with Crippen LogP contribution >= 0.6 is 15.9 Å². The Morgan fingerprint density at radius 2 is 1.88 bits per heavy atom. The maximum absolute atomic E-state index is 5.26. The van der Waals surface area contributed by atoms with Crippen LogP contribution in [-0.2, 0) is 11.3 Å². The van der Waals surface area contributed by atoms with E-state index in [2.05, 4.69) is 21.9 Å². The van der Waals surface area contributed by atoms with Gasteiger partial charge in [0.15, 0.2) is 11.5 Å². The predicted octanol–water partition coefficient (Wildman–Crippen LogP) is 2.62. The van der Waals surface area contributed by atoms with Crippen molar-refractivity contribution in [3.63, 3.8) is 0 Å². The van der Waals surface area contributed by atoms with Crippen molar-refractivity contribution in [1.29, 1.82) is 0 Å². The Hall–Kier alpha value is -1.18. The van der Waals surface area contributed by atoms with Gasteiger partial charge in [-0.3, -0.25) is 0 Å². The standard InChI is InChI=1S/C12H13BrO3/c1-4-5-16-8-9-6-11(14-2)12(15-3)7-10(9)13/h1,6-7H,5,8H2,2-3H3. The van der Waals surface area contributed by atoms with Crippen molar-refractivity contribution in [2.45, 2.75) is 6.61 Å². The molecule has 1 aromatic carbocycles. The monoisotopic (exact) mass is 284 g/mol. The van der Waals surface area contributed by atoms with Crippen LogP contribution in [0.2, 0.25) is 0 Å². The number of methoxy groups -OCH3 is 2. The van der Waals surface area contributed by atoms with E-state index in [9.17, 15) is 0 Å². The van der Waals surface area contributed by atoms with E-state index in [1.54, 1.807) is 14.2 Å². The van der Waals surface area contributed by atoms with Gasteiger partial charge in [-0.15, -0.1) is 6.42 Å². The Kier molecular flexibility index (Phi) is 5.17. The lowest BCUT2D eigenvalue weighted by Crippen LogP contribution is -1.97. The van der Waals surface area contributed by atoms with Crippen LogP contribution in [-0.4, -0.2) is 20.8 Å². The van der Waals surface area contributed by atoms with Crippen molar-refractivity contribution < 1.29 is 14.2 Å². The van der Waals surface area contributed by atoms with E-state index in [0.29, 0.717) is 24.7 Å². The Labute approximate surface area is 104 Å². The van der Waals surface area contributed by atoms with Gasteiger partial charge < -0.3 is 14.2 Å². The second-order valence-corrected chi connectivity index (χ2v) is 3.85. The highest BCUT2D eigenvalue weighted by atomic mass is 79.9. The minimum absolute atomic E-state index is 0.292. The Bertz CT molecular complexity index is 396. The van der Waals surface area contributed by atoms with Crippen molar-refractivity contribution in [2.24, 2.45) is 0 Å². The van der Waals surface area contributed by atoms with E-state index < -0.39 is 0 Å². The van der Waals surface area contributed by atoms with Gasteiger partial charge in [0.2, 0.25) is 0 Å². The van der Waals surface area contributed by atoms with Crippen LogP contribution in [0.5, 0.6) is 11.5 Å². The lowest BCUT2D eigenvalue weighted by Gasteiger charge is -2.11. The number of ether oxygens (including phenoxy) is 3. The highest BCUT2D eigenvalue weighted by Gasteiger charge is 2.09. The number of benzene rings is 1. The van der Waals surface area contributed by atoms with Crippen LogP contribution in [0.25, 0.3) is 0 Å². The van der Waals surface area contributed by atoms with E-state index in [1.807, 2.05) is 12.1 Å². The molecule has 0 saturated heterocycles. The molecule has 0 unspecified atom stereocenters. The first-order valence-electron chi connectivity index (χ1n) is 4.64. The summed E-state index contributed by atoms with van der Waals surface area (Å²) in [5.74, 6) is 3.76. The number of terminal acetylenes is 1. The topological polar surface area (TPSA) is 27.7 Å². The number of hydrogen-bond acceptors (Lipinski definition) is 3. The smallest absolute Gasteiger partial charge is 0.161 e. The van der Waals surface area contributed by atoms with Gasteiger partial charge in [0.05, 0.1) is 20.8 Å². The molecule has 0 amide bonds. The van der Waals surface area contributed by atoms with Gasteiger partial charge in [-0.25, -0.2) is 0 Å². The van der Waals surface area contributed by atoms with Crippen LogP contribution in [0.4, 0.5) is 0 Å². The van der Waals surface area contributed by atoms with Crippen LogP contribution in [0.1, 0.15) is 5.56 Å². The van der Waals surface area contributed by atoms with Gasteiger partial charge >= 0.3 is 0 Å². The fraction of sp³-hybridized carbons (Fsp3) is 0.333. The van der Waals surface area contributed by atoms with Crippen molar-refractivity contribution in [3.8, 4) is 23.8 Å². The van der Waals surface area contributed by atoms with Crippen molar-refractivity contribution in [1.82, 2.24) is 0 Å². The molecule has 3 nitrogen and oxygen atoms in total. The molecule has 0 aliphatic heterocycles. The molecule has 0 aliphatic rings. The van der Waals surface area contributed by atoms with Gasteiger partial charge in [-0.1, -0.05) is 21.9 Å². The van der Waals surface area contributed by atoms with Crippen molar-refractivity contribution in [2.75, 3.05) is 20.8 Å². The molecule has 86 valence electrons. The fourth-order valence-electron chi connectivity index (χ4n) is 1.23. The summed E-state index contributed by atoms with van der Waals surface area (Å²) in [6.45, 7) is 0.728. The third-order valence-corrected chi connectivity index (χ3v) is 2.73. The molecule has 0 fully saturated rings. The summed E-state index contributed by atoms with van der Waals surface area (Å²) < 4.78 is 16.5. The minimum atomic E-state index is 0.292. The molecule has 0 bridgehead atoms. The summed E-state index contributed by atoms with van der Waals surface area (Å²) in [5.41, 5.74) is 0.966. The second-order valence-electron chi connectivity index (χ2n) is 3.00. The molecule has 0 aromatic heterocycles. The highest BCUT2D eigenvalue weighted by molar-refractivity contribution is 9.10. The molecule has 0 N–H and O–H groups in total. The van der Waals surface area contributed by atoms with Gasteiger partial charge in [0, 0.05) is 4.47 Å². The summed E-state index contributed by atoms with van der Waals surface area (Å²) >= 11 is 3.44. The molecule has 0 aliphatic carbocycles. The highest BCUT2D eigenvalue weighted by Crippen LogP contribution is 2.33. The summed E-state index contributed by atoms with van der Waals surface area (Å²) in [5, 5.41) is 0. The first kappa shape index (κ1) is 12.9. The molecule has 0 heterocycles. The summed E-state index contributed by atoms with van der Waals surface area (Å²) in [6, 6.07) is 3.70. The first-order valence-corrected chi connectivity index (χ1v) is 5.43. The molecular formula is C12H13BrO3. The van der Waals surface area contributed by atoms with E-state index in [1.165, 1.54) is 0 Å². The number of hydrogen-bond donors (Lipinski definition) is 0. The predicted molar refractivity (Wildman–Crippen MR) is 65.7 cm³/mol. The summed E-state index contributed by atoms with van der Waals surface area (Å²) in [7, 11) is 3.19. The second kappa shape index (κ2) is 6.41. The molecule has 1 rings (SSSR count). The maximum Gasteiger partial charge on any atom is 0.161 e. The van der Waals surface area contributed by atoms with Gasteiger partial charge in [0.25, 0.3) is 0 Å². The molecule has 4 heteroatoms. The summed E-state index contributed by atoms with van der Waals surface area (Å²) in [6.07, 6.45) is 5.10. The van der Waals surface area contributed by atoms with Crippen LogP contribution in [0, 0.1) is 12.3 Å². The molecule has 16 heavy (non-hydrogen) atoms. The molecule has 1 aromatic rings. The fourth-order valence-corrected chi connectivity index (χ4v) is 1.66. The average molecular weight is 285 g/mol. The summed E-state index contributed by atoms with van der Waals surface area (Å²) in [4.78, 5) is 0. The van der Waals surface area contributed by atoms with E-state index in [4.69, 9.17) is 20.6 Å². The van der Waals surface area contributed by atoms with E-state index >= 15 is 0 Å².